The molecule has 4 aliphatic carbocycles. The van der Waals surface area contributed by atoms with Gasteiger partial charge in [0.1, 0.15) is 5.60 Å². The minimum absolute atomic E-state index is 0.0823. The van der Waals surface area contributed by atoms with Gasteiger partial charge in [0.15, 0.2) is 0 Å². The van der Waals surface area contributed by atoms with E-state index in [1.54, 1.807) is 0 Å². The third-order valence-electron chi connectivity index (χ3n) is 7.16. The summed E-state index contributed by atoms with van der Waals surface area (Å²) in [6.07, 6.45) is 8.57. The van der Waals surface area contributed by atoms with Crippen LogP contribution in [0.5, 0.6) is 0 Å². The Morgan fingerprint density at radius 2 is 1.65 bits per heavy atom. The van der Waals surface area contributed by atoms with E-state index in [2.05, 4.69) is 26.1 Å². The molecule has 4 aliphatic rings. The minimum atomic E-state index is -0.457. The van der Waals surface area contributed by atoms with E-state index in [1.165, 1.54) is 32.1 Å². The largest absolute Gasteiger partial charge is 0.444 e. The molecule has 0 radical (unpaired) electrons. The number of carbonyl (C=O) groups is 1. The van der Waals surface area contributed by atoms with E-state index in [0.29, 0.717) is 17.4 Å². The fourth-order valence-corrected chi connectivity index (χ4v) is 7.83. The molecule has 1 amide bonds. The summed E-state index contributed by atoms with van der Waals surface area (Å²) in [6, 6.07) is 0. The van der Waals surface area contributed by atoms with Gasteiger partial charge in [-0.25, -0.2) is 4.79 Å². The monoisotopic (exact) mass is 365 g/mol. The molecule has 4 rings (SSSR count). The first-order valence-electron chi connectivity index (χ1n) is 10.5. The van der Waals surface area contributed by atoms with Crippen LogP contribution < -0.4 is 5.32 Å². The van der Waals surface area contributed by atoms with Crippen LogP contribution in [0.3, 0.4) is 0 Å². The lowest BCUT2D eigenvalue weighted by Gasteiger charge is -2.71. The molecular formula is C22H39NO3. The summed E-state index contributed by atoms with van der Waals surface area (Å²) in [7, 11) is 0. The Balaban J connectivity index is 1.72. The van der Waals surface area contributed by atoms with Crippen molar-refractivity contribution in [2.45, 2.75) is 105 Å². The van der Waals surface area contributed by atoms with Crippen molar-refractivity contribution >= 4 is 6.09 Å². The van der Waals surface area contributed by atoms with Gasteiger partial charge in [-0.3, -0.25) is 0 Å². The lowest BCUT2D eigenvalue weighted by molar-refractivity contribution is -0.223. The maximum Gasteiger partial charge on any atom is 0.407 e. The van der Waals surface area contributed by atoms with Gasteiger partial charge >= 0.3 is 6.09 Å². The van der Waals surface area contributed by atoms with Gasteiger partial charge in [-0.2, -0.15) is 0 Å². The first kappa shape index (κ1) is 20.0. The molecule has 0 saturated heterocycles. The average Bonchev–Trinajstić information content (AvgIpc) is 2.40. The van der Waals surface area contributed by atoms with Gasteiger partial charge in [0.25, 0.3) is 0 Å². The van der Waals surface area contributed by atoms with Gasteiger partial charge in [-0.05, 0) is 93.8 Å². The molecule has 4 bridgehead atoms. The number of nitrogens with one attached hydrogen (secondary N) is 1. The summed E-state index contributed by atoms with van der Waals surface area (Å²) >= 11 is 0. The first-order valence-corrected chi connectivity index (χ1v) is 10.5. The molecule has 4 fully saturated rings. The zero-order valence-electron chi connectivity index (χ0n) is 17.7. The molecular weight excluding hydrogens is 326 g/mol. The third-order valence-corrected chi connectivity index (χ3v) is 7.16. The van der Waals surface area contributed by atoms with E-state index in [-0.39, 0.29) is 23.0 Å². The number of carbonyl (C=O) groups excluding carboxylic acids is 1. The van der Waals surface area contributed by atoms with Crippen LogP contribution in [0, 0.1) is 21.7 Å². The van der Waals surface area contributed by atoms with Gasteiger partial charge in [0.05, 0.1) is 6.10 Å². The van der Waals surface area contributed by atoms with Gasteiger partial charge in [-0.1, -0.05) is 20.8 Å². The number of rotatable bonds is 5. The standard InChI is InChI=1S/C22H39NO3/c1-7-16(24)22-13-19(5)10-20(6,14-22)12-21(11-19,15-22)8-9-23-17(25)26-18(2,3)4/h16,24H,7-15H2,1-6H3,(H,23,25). The molecule has 0 spiro atoms. The van der Waals surface area contributed by atoms with Crippen molar-refractivity contribution in [1.29, 1.82) is 0 Å². The maximum atomic E-state index is 12.0. The van der Waals surface area contributed by atoms with Crippen LogP contribution in [0.2, 0.25) is 0 Å². The molecule has 0 heterocycles. The van der Waals surface area contributed by atoms with E-state index >= 15 is 0 Å². The summed E-state index contributed by atoms with van der Waals surface area (Å²) < 4.78 is 5.38. The summed E-state index contributed by atoms with van der Waals surface area (Å²) in [4.78, 5) is 12.0. The average molecular weight is 366 g/mol. The lowest BCUT2D eigenvalue weighted by atomic mass is 9.34. The van der Waals surface area contributed by atoms with E-state index < -0.39 is 5.60 Å². The number of alkyl carbamates (subject to hydrolysis) is 1. The highest BCUT2D eigenvalue weighted by Gasteiger charge is 2.66. The summed E-state index contributed by atoms with van der Waals surface area (Å²) in [5.74, 6) is 0. The first-order chi connectivity index (χ1) is 11.8. The van der Waals surface area contributed by atoms with E-state index in [9.17, 15) is 9.90 Å². The molecule has 150 valence electrons. The third kappa shape index (κ3) is 3.76. The number of ether oxygens (including phenoxy) is 1. The molecule has 4 nitrogen and oxygen atoms in total. The quantitative estimate of drug-likeness (QED) is 0.717. The summed E-state index contributed by atoms with van der Waals surface area (Å²) in [5.41, 5.74) is 0.556. The van der Waals surface area contributed by atoms with Crippen LogP contribution in [0.1, 0.15) is 92.9 Å². The molecule has 4 saturated carbocycles. The van der Waals surface area contributed by atoms with E-state index in [1.807, 2.05) is 20.8 Å². The molecule has 0 aromatic rings. The SMILES string of the molecule is CCC(O)C12CC3(C)CC(C)(CC(CCNC(=O)OC(C)(C)C)(C3)C1)C2. The van der Waals surface area contributed by atoms with Crippen LogP contribution in [-0.2, 0) is 4.74 Å². The molecule has 0 aromatic heterocycles. The predicted octanol–water partition coefficient (Wildman–Crippen LogP) is 5.04. The topological polar surface area (TPSA) is 58.6 Å². The van der Waals surface area contributed by atoms with Crippen LogP contribution in [0.15, 0.2) is 0 Å². The summed E-state index contributed by atoms with van der Waals surface area (Å²) in [6.45, 7) is 13.3. The number of hydrogen-bond donors (Lipinski definition) is 2. The maximum absolute atomic E-state index is 12.0. The van der Waals surface area contributed by atoms with Crippen molar-refractivity contribution in [3.63, 3.8) is 0 Å². The highest BCUT2D eigenvalue weighted by molar-refractivity contribution is 5.67. The highest BCUT2D eigenvalue weighted by Crippen LogP contribution is 2.75. The molecule has 26 heavy (non-hydrogen) atoms. The smallest absolute Gasteiger partial charge is 0.407 e. The molecule has 0 aliphatic heterocycles. The Hall–Kier alpha value is -0.770. The molecule has 3 unspecified atom stereocenters. The van der Waals surface area contributed by atoms with Gasteiger partial charge in [0.2, 0.25) is 0 Å². The van der Waals surface area contributed by atoms with E-state index in [4.69, 9.17) is 4.74 Å². The second kappa shape index (κ2) is 6.12. The molecule has 4 heteroatoms. The van der Waals surface area contributed by atoms with Crippen LogP contribution in [-0.4, -0.2) is 29.4 Å². The van der Waals surface area contributed by atoms with E-state index in [0.717, 1.165) is 19.3 Å². The van der Waals surface area contributed by atoms with Gasteiger partial charge in [0, 0.05) is 6.54 Å². The van der Waals surface area contributed by atoms with Crippen molar-refractivity contribution < 1.29 is 14.6 Å². The molecule has 2 N–H and O–H groups in total. The number of amides is 1. The number of aliphatic hydroxyl groups excluding tert-OH is 1. The molecule has 3 atom stereocenters. The van der Waals surface area contributed by atoms with Crippen molar-refractivity contribution in [1.82, 2.24) is 5.32 Å². The van der Waals surface area contributed by atoms with Gasteiger partial charge < -0.3 is 15.2 Å². The zero-order chi connectivity index (χ0) is 19.4. The number of hydrogen-bond acceptors (Lipinski definition) is 3. The highest BCUT2D eigenvalue weighted by atomic mass is 16.6. The normalized spacial score (nSPS) is 42.6. The lowest BCUT2D eigenvalue weighted by Crippen LogP contribution is -2.63. The van der Waals surface area contributed by atoms with Crippen LogP contribution in [0.25, 0.3) is 0 Å². The van der Waals surface area contributed by atoms with Crippen LogP contribution in [0.4, 0.5) is 4.79 Å². The number of aliphatic hydroxyl groups is 1. The zero-order valence-corrected chi connectivity index (χ0v) is 17.7. The fourth-order valence-electron chi connectivity index (χ4n) is 7.83. The Morgan fingerprint density at radius 1 is 1.08 bits per heavy atom. The van der Waals surface area contributed by atoms with Crippen molar-refractivity contribution in [2.24, 2.45) is 21.7 Å². The van der Waals surface area contributed by atoms with Crippen molar-refractivity contribution in [3.05, 3.63) is 0 Å². The van der Waals surface area contributed by atoms with Crippen molar-refractivity contribution in [2.75, 3.05) is 6.54 Å². The summed E-state index contributed by atoms with van der Waals surface area (Å²) in [5, 5.41) is 13.9. The minimum Gasteiger partial charge on any atom is -0.444 e. The Kier molecular flexibility index (Phi) is 4.70. The Morgan fingerprint density at radius 3 is 2.15 bits per heavy atom. The second-order valence-electron chi connectivity index (χ2n) is 11.6. The van der Waals surface area contributed by atoms with Crippen LogP contribution >= 0.6 is 0 Å². The van der Waals surface area contributed by atoms with Gasteiger partial charge in [-0.15, -0.1) is 0 Å². The second-order valence-corrected chi connectivity index (χ2v) is 11.6. The predicted molar refractivity (Wildman–Crippen MR) is 104 cm³/mol. The van der Waals surface area contributed by atoms with Crippen molar-refractivity contribution in [3.8, 4) is 0 Å². The fraction of sp³-hybridized carbons (Fsp3) is 0.955. The Bertz CT molecular complexity index is 546. The molecule has 0 aromatic carbocycles. The Labute approximate surface area is 159 Å².